The third-order valence-corrected chi connectivity index (χ3v) is 3.55. The van der Waals surface area contributed by atoms with E-state index in [0.717, 1.165) is 12.8 Å². The van der Waals surface area contributed by atoms with Crippen LogP contribution < -0.4 is 11.5 Å². The number of carbonyl (C=O) groups excluding carboxylic acids is 2. The maximum absolute atomic E-state index is 11.4. The molecule has 0 radical (unpaired) electrons. The Balaban J connectivity index is -0.000000380. The summed E-state index contributed by atoms with van der Waals surface area (Å²) in [6, 6.07) is 0. The minimum absolute atomic E-state index is 0.0333. The number of nitrogens with two attached hydrogens (primary N) is 2. The fourth-order valence-corrected chi connectivity index (χ4v) is 1.70. The maximum atomic E-state index is 11.4. The quantitative estimate of drug-likeness (QED) is 0.336. The molecule has 0 saturated carbocycles. The van der Waals surface area contributed by atoms with E-state index in [1.54, 1.807) is 23.9 Å². The third-order valence-electron chi connectivity index (χ3n) is 3.55. The Morgan fingerprint density at radius 2 is 1.07 bits per heavy atom. The number of amides is 2. The molecule has 0 aromatic carbocycles. The molecule has 0 aliphatic heterocycles. The Kier molecular flexibility index (Phi) is 20.4. The molecule has 0 unspecified atom stereocenters. The second-order valence-corrected chi connectivity index (χ2v) is 7.50. The predicted octanol–water partition coefficient (Wildman–Crippen LogP) is 0.166. The summed E-state index contributed by atoms with van der Waals surface area (Å²) in [6.07, 6.45) is 3.12. The number of likely N-dealkylation sites (N-methyl/N-ethyl adjacent to an activating group) is 2. The molecular weight excluding hydrogens is 420 g/mol. The van der Waals surface area contributed by atoms with Gasteiger partial charge in [0, 0.05) is 38.3 Å². The Morgan fingerprint density at radius 1 is 0.828 bits per heavy atom. The van der Waals surface area contributed by atoms with Crippen LogP contribution in [0.25, 0.3) is 0 Å². The van der Waals surface area contributed by atoms with E-state index in [-0.39, 0.29) is 11.8 Å². The van der Waals surface area contributed by atoms with Crippen molar-refractivity contribution >= 4 is 11.8 Å². The van der Waals surface area contributed by atoms with Crippen molar-refractivity contribution < 1.29 is 39.1 Å². The average Bonchev–Trinajstić information content (AvgIpc) is 2.66. The summed E-state index contributed by atoms with van der Waals surface area (Å²) in [5.41, 5.74) is 12.0. The SMILES string of the molecule is C=C(CC)C(=O)N(C)CCCN.C=C(CC)C(=O)N(C)CCCN.[O]=[Cr](=[O])([OH])[OH]. The normalized spacial score (nSPS) is 9.93. The number of rotatable bonds is 10. The van der Waals surface area contributed by atoms with Crippen molar-refractivity contribution in [3.05, 3.63) is 24.3 Å². The van der Waals surface area contributed by atoms with E-state index < -0.39 is 13.6 Å². The van der Waals surface area contributed by atoms with Crippen molar-refractivity contribution in [1.82, 2.24) is 9.80 Å². The summed E-state index contributed by atoms with van der Waals surface area (Å²) < 4.78 is 31.9. The van der Waals surface area contributed by atoms with Crippen LogP contribution in [0, 0.1) is 0 Å². The first-order valence-corrected chi connectivity index (χ1v) is 11.4. The van der Waals surface area contributed by atoms with E-state index in [9.17, 15) is 9.59 Å². The number of hydrogen-bond acceptors (Lipinski definition) is 6. The van der Waals surface area contributed by atoms with Crippen LogP contribution in [-0.4, -0.2) is 70.2 Å². The van der Waals surface area contributed by atoms with Crippen LogP contribution in [0.2, 0.25) is 0 Å². The van der Waals surface area contributed by atoms with Crippen molar-refractivity contribution in [2.24, 2.45) is 11.5 Å². The Labute approximate surface area is 176 Å². The van der Waals surface area contributed by atoms with Gasteiger partial charge in [-0.3, -0.25) is 9.59 Å². The molecule has 11 heteroatoms. The van der Waals surface area contributed by atoms with Crippen molar-refractivity contribution in [2.45, 2.75) is 39.5 Å². The number of hydrogen-bond donors (Lipinski definition) is 4. The molecule has 0 spiro atoms. The van der Waals surface area contributed by atoms with Gasteiger partial charge in [0.25, 0.3) is 0 Å². The Hall–Kier alpha value is -1.61. The van der Waals surface area contributed by atoms with Gasteiger partial charge >= 0.3 is 29.5 Å². The van der Waals surface area contributed by atoms with Crippen LogP contribution in [0.1, 0.15) is 39.5 Å². The molecule has 0 aromatic rings. The molecule has 6 N–H and O–H groups in total. The summed E-state index contributed by atoms with van der Waals surface area (Å²) in [5.74, 6) is 0.0666. The van der Waals surface area contributed by atoms with Gasteiger partial charge in [-0.1, -0.05) is 27.0 Å². The summed E-state index contributed by atoms with van der Waals surface area (Å²) >= 11 is -5.25. The van der Waals surface area contributed by atoms with Crippen LogP contribution >= 0.6 is 0 Å². The van der Waals surface area contributed by atoms with Gasteiger partial charge in [-0.15, -0.1) is 0 Å². The van der Waals surface area contributed by atoms with E-state index in [0.29, 0.717) is 50.2 Å². The molecule has 0 atom stereocenters. The monoisotopic (exact) mass is 458 g/mol. The molecule has 0 aromatic heterocycles. The molecule has 0 aliphatic carbocycles. The molecule has 0 fully saturated rings. The van der Waals surface area contributed by atoms with Crippen LogP contribution in [0.15, 0.2) is 24.3 Å². The fourth-order valence-electron chi connectivity index (χ4n) is 1.70. The van der Waals surface area contributed by atoms with E-state index in [4.69, 9.17) is 27.4 Å². The van der Waals surface area contributed by atoms with Crippen molar-refractivity contribution in [1.29, 1.82) is 0 Å². The first kappa shape index (κ1) is 32.1. The molecule has 10 nitrogen and oxygen atoms in total. The van der Waals surface area contributed by atoms with Crippen molar-refractivity contribution in [2.75, 3.05) is 40.3 Å². The number of nitrogens with zero attached hydrogens (tertiary/aromatic N) is 2. The van der Waals surface area contributed by atoms with Crippen molar-refractivity contribution in [3.63, 3.8) is 0 Å². The van der Waals surface area contributed by atoms with E-state index in [2.05, 4.69) is 13.2 Å². The van der Waals surface area contributed by atoms with Gasteiger partial charge in [-0.25, -0.2) is 0 Å². The molecule has 0 aliphatic rings. The molecule has 0 heterocycles. The Morgan fingerprint density at radius 3 is 1.24 bits per heavy atom. The molecule has 0 rings (SSSR count). The number of carbonyl (C=O) groups is 2. The zero-order chi connectivity index (χ0) is 23.6. The zero-order valence-electron chi connectivity index (χ0n) is 18.1. The second kappa shape index (κ2) is 18.4. The van der Waals surface area contributed by atoms with E-state index in [1.807, 2.05) is 13.8 Å². The van der Waals surface area contributed by atoms with Gasteiger partial charge in [-0.05, 0) is 38.8 Å². The third kappa shape index (κ3) is 22.5. The molecular formula is C18H38CrN4O6. The average molecular weight is 459 g/mol. The van der Waals surface area contributed by atoms with Gasteiger partial charge in [0.05, 0.1) is 0 Å². The summed E-state index contributed by atoms with van der Waals surface area (Å²) in [7, 11) is 3.55. The van der Waals surface area contributed by atoms with Gasteiger partial charge in [-0.2, -0.15) is 0 Å². The molecule has 0 saturated heterocycles. The standard InChI is InChI=1S/2C9H18N2O.Cr.2H2O.2O/c2*1-4-8(2)9(12)11(3)7-5-6-10;;;;;/h2*2,4-7,10H2,1,3H3;;2*1H2;;/q;;+2;;;;/p-2. The first-order valence-electron chi connectivity index (χ1n) is 9.23. The van der Waals surface area contributed by atoms with E-state index in [1.165, 1.54) is 0 Å². The Bertz CT molecular complexity index is 561. The first-order chi connectivity index (χ1) is 13.3. The predicted molar refractivity (Wildman–Crippen MR) is 107 cm³/mol. The van der Waals surface area contributed by atoms with Crippen LogP contribution in [0.3, 0.4) is 0 Å². The summed E-state index contributed by atoms with van der Waals surface area (Å²) in [6.45, 7) is 13.9. The van der Waals surface area contributed by atoms with Crippen LogP contribution in [-0.2, 0) is 30.8 Å². The second-order valence-electron chi connectivity index (χ2n) is 6.10. The molecule has 2 amide bonds. The minimum atomic E-state index is -5.25. The van der Waals surface area contributed by atoms with Gasteiger partial charge in [0.1, 0.15) is 0 Å². The molecule has 172 valence electrons. The van der Waals surface area contributed by atoms with Crippen LogP contribution in [0.4, 0.5) is 0 Å². The fraction of sp³-hybridized carbons (Fsp3) is 0.667. The van der Waals surface area contributed by atoms with Gasteiger partial charge in [0.15, 0.2) is 0 Å². The summed E-state index contributed by atoms with van der Waals surface area (Å²) in [5, 5.41) is 0. The van der Waals surface area contributed by atoms with Gasteiger partial charge < -0.3 is 21.3 Å². The molecule has 29 heavy (non-hydrogen) atoms. The van der Waals surface area contributed by atoms with E-state index >= 15 is 0 Å². The summed E-state index contributed by atoms with van der Waals surface area (Å²) in [4.78, 5) is 26.1. The van der Waals surface area contributed by atoms with Crippen molar-refractivity contribution in [3.8, 4) is 0 Å². The van der Waals surface area contributed by atoms with Gasteiger partial charge in [0.2, 0.25) is 11.8 Å². The zero-order valence-corrected chi connectivity index (χ0v) is 19.3. The molecule has 0 bridgehead atoms. The topological polar surface area (TPSA) is 167 Å². The van der Waals surface area contributed by atoms with Crippen LogP contribution in [0.5, 0.6) is 0 Å².